The van der Waals surface area contributed by atoms with Gasteiger partial charge >= 0.3 is 0 Å². The number of aromatic nitrogens is 2. The zero-order chi connectivity index (χ0) is 22.4. The van der Waals surface area contributed by atoms with Gasteiger partial charge in [0, 0.05) is 31.5 Å². The zero-order valence-corrected chi connectivity index (χ0v) is 18.4. The Balaban J connectivity index is 1.37. The lowest BCUT2D eigenvalue weighted by atomic mass is 10.1. The number of benzene rings is 2. The summed E-state index contributed by atoms with van der Waals surface area (Å²) in [6.45, 7) is 2.73. The molecule has 0 bridgehead atoms. The van der Waals surface area contributed by atoms with Crippen LogP contribution in [0.5, 0.6) is 0 Å². The van der Waals surface area contributed by atoms with E-state index in [1.807, 2.05) is 53.5 Å². The Morgan fingerprint density at radius 1 is 1.15 bits per heavy atom. The molecule has 33 heavy (non-hydrogen) atoms. The molecule has 3 aliphatic heterocycles. The summed E-state index contributed by atoms with van der Waals surface area (Å²) in [6, 6.07) is 15.6. The molecule has 1 saturated heterocycles. The number of nitrogens with zero attached hydrogens (tertiary/aromatic N) is 5. The minimum absolute atomic E-state index is 0.0756. The van der Waals surface area contributed by atoms with Crippen LogP contribution in [-0.2, 0) is 11.3 Å². The van der Waals surface area contributed by atoms with Gasteiger partial charge in [-0.1, -0.05) is 24.3 Å². The second-order valence-corrected chi connectivity index (χ2v) is 8.59. The van der Waals surface area contributed by atoms with Gasteiger partial charge in [-0.25, -0.2) is 15.0 Å². The molecule has 0 aliphatic carbocycles. The van der Waals surface area contributed by atoms with E-state index in [1.54, 1.807) is 11.1 Å². The third-order valence-corrected chi connectivity index (χ3v) is 6.35. The number of rotatable bonds is 5. The number of amides is 1. The molecule has 9 heteroatoms. The number of nitrogens with one attached hydrogen (secondary N) is 2. The molecule has 0 radical (unpaired) electrons. The lowest BCUT2D eigenvalue weighted by Crippen LogP contribution is -2.48. The molecule has 2 N–H and O–H groups in total. The highest BCUT2D eigenvalue weighted by atomic mass is 16.5. The predicted molar refractivity (Wildman–Crippen MR) is 125 cm³/mol. The van der Waals surface area contributed by atoms with E-state index < -0.39 is 0 Å². The Hall–Kier alpha value is -3.69. The number of ether oxygens (including phenoxy) is 1. The number of hydrogen-bond donors (Lipinski definition) is 2. The van der Waals surface area contributed by atoms with Gasteiger partial charge in [0.25, 0.3) is 5.91 Å². The lowest BCUT2D eigenvalue weighted by Gasteiger charge is -2.35. The van der Waals surface area contributed by atoms with Crippen LogP contribution in [-0.4, -0.2) is 47.6 Å². The molecule has 2 aromatic carbocycles. The summed E-state index contributed by atoms with van der Waals surface area (Å²) in [5.41, 5.74) is 8.40. The van der Waals surface area contributed by atoms with E-state index in [4.69, 9.17) is 14.7 Å². The van der Waals surface area contributed by atoms with Crippen LogP contribution in [0.2, 0.25) is 0 Å². The first kappa shape index (κ1) is 20.0. The van der Waals surface area contributed by atoms with E-state index in [2.05, 4.69) is 22.9 Å². The van der Waals surface area contributed by atoms with Crippen molar-refractivity contribution in [3.05, 3.63) is 71.9 Å². The van der Waals surface area contributed by atoms with Crippen LogP contribution in [0.15, 0.2) is 60.6 Å². The SMILES string of the molecule is CN(CC1CCOC1)c1nc(CN2C(=O)c3ccccc3N3NNC=C23)nc2ccccc12. The molecule has 0 saturated carbocycles. The van der Waals surface area contributed by atoms with Gasteiger partial charge in [0.05, 0.1) is 36.1 Å². The van der Waals surface area contributed by atoms with Gasteiger partial charge < -0.3 is 15.1 Å². The fourth-order valence-electron chi connectivity index (χ4n) is 4.73. The molecule has 1 atom stereocenters. The van der Waals surface area contributed by atoms with Gasteiger partial charge in [0.15, 0.2) is 5.82 Å². The fraction of sp³-hybridized carbons (Fsp3) is 0.292. The van der Waals surface area contributed by atoms with Crippen LogP contribution < -0.4 is 20.9 Å². The summed E-state index contributed by atoms with van der Waals surface area (Å²) >= 11 is 0. The smallest absolute Gasteiger partial charge is 0.262 e. The van der Waals surface area contributed by atoms with Crippen molar-refractivity contribution in [2.45, 2.75) is 13.0 Å². The Kier molecular flexibility index (Phi) is 4.85. The van der Waals surface area contributed by atoms with E-state index in [0.29, 0.717) is 23.1 Å². The predicted octanol–water partition coefficient (Wildman–Crippen LogP) is 2.39. The van der Waals surface area contributed by atoms with Gasteiger partial charge in [-0.05, 0) is 30.7 Å². The summed E-state index contributed by atoms with van der Waals surface area (Å²) in [6.07, 6.45) is 2.84. The van der Waals surface area contributed by atoms with Crippen molar-refractivity contribution in [2.75, 3.05) is 36.7 Å². The number of para-hydroxylation sites is 2. The number of hydrazine groups is 2. The summed E-state index contributed by atoms with van der Waals surface area (Å²) in [5, 5.41) is 2.87. The average molecular weight is 444 g/mol. The molecule has 1 unspecified atom stereocenters. The highest BCUT2D eigenvalue weighted by Gasteiger charge is 2.36. The third-order valence-electron chi connectivity index (χ3n) is 6.35. The molecular weight excluding hydrogens is 418 g/mol. The standard InChI is InChI=1S/C24H25N7O2/c1-29(13-16-10-11-33-15-16)23-17-6-2-4-8-19(17)26-21(27-23)14-30-22-12-25-28-31(22)20-9-5-3-7-18(20)24(30)32/h2-9,12,16,25,28H,10-11,13-15H2,1H3. The number of carbonyl (C=O) groups excluding carboxylic acids is 1. The summed E-state index contributed by atoms with van der Waals surface area (Å²) in [7, 11) is 2.06. The number of carbonyl (C=O) groups is 1. The first-order valence-electron chi connectivity index (χ1n) is 11.2. The number of hydrogen-bond acceptors (Lipinski definition) is 8. The van der Waals surface area contributed by atoms with Crippen LogP contribution in [0.4, 0.5) is 11.5 Å². The maximum atomic E-state index is 13.4. The van der Waals surface area contributed by atoms with E-state index in [1.165, 1.54) is 0 Å². The van der Waals surface area contributed by atoms with Crippen LogP contribution in [0.1, 0.15) is 22.6 Å². The number of anilines is 2. The van der Waals surface area contributed by atoms with Gasteiger partial charge in [0.1, 0.15) is 11.6 Å². The number of fused-ring (bicyclic) bond motifs is 4. The minimum atomic E-state index is -0.0756. The zero-order valence-electron chi connectivity index (χ0n) is 18.4. The Morgan fingerprint density at radius 3 is 2.88 bits per heavy atom. The Bertz CT molecular complexity index is 1250. The molecule has 1 fully saturated rings. The molecule has 4 heterocycles. The van der Waals surface area contributed by atoms with Gasteiger partial charge in [-0.15, -0.1) is 5.53 Å². The van der Waals surface area contributed by atoms with Gasteiger partial charge in [-0.3, -0.25) is 9.69 Å². The van der Waals surface area contributed by atoms with E-state index in [0.717, 1.165) is 48.6 Å². The second-order valence-electron chi connectivity index (χ2n) is 8.59. The van der Waals surface area contributed by atoms with E-state index in [-0.39, 0.29) is 12.5 Å². The quantitative estimate of drug-likeness (QED) is 0.622. The van der Waals surface area contributed by atoms with Crippen molar-refractivity contribution in [1.82, 2.24) is 25.8 Å². The van der Waals surface area contributed by atoms with Crippen molar-refractivity contribution in [3.8, 4) is 0 Å². The largest absolute Gasteiger partial charge is 0.381 e. The topological polar surface area (TPSA) is 85.9 Å². The van der Waals surface area contributed by atoms with Crippen LogP contribution in [0.25, 0.3) is 10.9 Å². The van der Waals surface area contributed by atoms with Crippen molar-refractivity contribution < 1.29 is 9.53 Å². The summed E-state index contributed by atoms with van der Waals surface area (Å²) in [4.78, 5) is 27.0. The van der Waals surface area contributed by atoms with E-state index in [9.17, 15) is 4.79 Å². The average Bonchev–Trinajstić information content (AvgIpc) is 3.54. The van der Waals surface area contributed by atoms with E-state index >= 15 is 0 Å². The molecule has 1 amide bonds. The Labute approximate surface area is 191 Å². The molecule has 0 spiro atoms. The first-order chi connectivity index (χ1) is 16.2. The summed E-state index contributed by atoms with van der Waals surface area (Å²) < 4.78 is 5.56. The fourth-order valence-corrected chi connectivity index (χ4v) is 4.73. The normalized spacial score (nSPS) is 19.4. The maximum Gasteiger partial charge on any atom is 0.262 e. The maximum absolute atomic E-state index is 13.4. The van der Waals surface area contributed by atoms with Crippen molar-refractivity contribution in [1.29, 1.82) is 0 Å². The second kappa shape index (κ2) is 8.02. The molecule has 1 aromatic heterocycles. The molecule has 3 aliphatic rings. The van der Waals surface area contributed by atoms with Crippen molar-refractivity contribution >= 4 is 28.3 Å². The van der Waals surface area contributed by atoms with Crippen molar-refractivity contribution in [3.63, 3.8) is 0 Å². The molecular formula is C24H25N7O2. The molecule has 6 rings (SSSR count). The Morgan fingerprint density at radius 2 is 2.00 bits per heavy atom. The lowest BCUT2D eigenvalue weighted by molar-refractivity contribution is 0.0779. The van der Waals surface area contributed by atoms with Crippen LogP contribution >= 0.6 is 0 Å². The first-order valence-corrected chi connectivity index (χ1v) is 11.2. The molecule has 168 valence electrons. The van der Waals surface area contributed by atoms with Crippen LogP contribution in [0.3, 0.4) is 0 Å². The molecule has 3 aromatic rings. The monoisotopic (exact) mass is 443 g/mol. The minimum Gasteiger partial charge on any atom is -0.381 e. The highest BCUT2D eigenvalue weighted by Crippen LogP contribution is 2.34. The van der Waals surface area contributed by atoms with Gasteiger partial charge in [0.2, 0.25) is 0 Å². The highest BCUT2D eigenvalue weighted by molar-refractivity contribution is 6.03. The summed E-state index contributed by atoms with van der Waals surface area (Å²) in [5.74, 6) is 2.60. The van der Waals surface area contributed by atoms with Crippen LogP contribution in [0, 0.1) is 5.92 Å². The van der Waals surface area contributed by atoms with Gasteiger partial charge in [-0.2, -0.15) is 0 Å². The third kappa shape index (κ3) is 3.46. The molecule has 9 nitrogen and oxygen atoms in total. The van der Waals surface area contributed by atoms with Crippen molar-refractivity contribution in [2.24, 2.45) is 5.92 Å².